The van der Waals surface area contributed by atoms with Gasteiger partial charge in [0.25, 0.3) is 0 Å². The first kappa shape index (κ1) is 17.7. The Morgan fingerprint density at radius 1 is 0.880 bits per heavy atom. The predicted molar refractivity (Wildman–Crippen MR) is 99.8 cm³/mol. The summed E-state index contributed by atoms with van der Waals surface area (Å²) in [4.78, 5) is 40.7. The minimum absolute atomic E-state index is 0.289. The topological polar surface area (TPSA) is 51.2 Å². The molecule has 0 bridgehead atoms. The average Bonchev–Trinajstić information content (AvgIpc) is 2.95. The van der Waals surface area contributed by atoms with E-state index in [9.17, 15) is 14.4 Å². The van der Waals surface area contributed by atoms with Crippen molar-refractivity contribution >= 4 is 28.7 Å². The smallest absolute Gasteiger partial charge is 0.160 e. The van der Waals surface area contributed by atoms with Gasteiger partial charge in [-0.15, -0.1) is 11.3 Å². The first-order valence-electron chi connectivity index (χ1n) is 8.37. The van der Waals surface area contributed by atoms with E-state index in [1.54, 1.807) is 39.0 Å². The van der Waals surface area contributed by atoms with Crippen LogP contribution in [0.2, 0.25) is 0 Å². The number of thiophene rings is 1. The zero-order chi connectivity index (χ0) is 18.6. The number of benzene rings is 1. The second-order valence-corrected chi connectivity index (χ2v) is 8.99. The van der Waals surface area contributed by atoms with Gasteiger partial charge in [0.05, 0.1) is 10.8 Å². The lowest BCUT2D eigenvalue weighted by atomic mass is 9.57. The van der Waals surface area contributed by atoms with Crippen LogP contribution in [-0.4, -0.2) is 17.3 Å². The molecule has 4 heteroatoms. The van der Waals surface area contributed by atoms with Gasteiger partial charge in [-0.25, -0.2) is 0 Å². The second kappa shape index (κ2) is 5.73. The molecule has 1 saturated carbocycles. The van der Waals surface area contributed by atoms with Crippen molar-refractivity contribution in [3.05, 3.63) is 46.8 Å². The fraction of sp³-hybridized carbons (Fsp3) is 0.381. The molecule has 1 aliphatic carbocycles. The maximum Gasteiger partial charge on any atom is 0.160 e. The third kappa shape index (κ3) is 2.60. The molecular weight excluding hydrogens is 332 g/mol. The van der Waals surface area contributed by atoms with E-state index in [-0.39, 0.29) is 17.3 Å². The minimum Gasteiger partial charge on any atom is -0.298 e. The Hall–Kier alpha value is -2.07. The van der Waals surface area contributed by atoms with Crippen LogP contribution in [0, 0.1) is 17.8 Å². The van der Waals surface area contributed by atoms with Crippen molar-refractivity contribution < 1.29 is 14.4 Å². The highest BCUT2D eigenvalue weighted by atomic mass is 32.1. The van der Waals surface area contributed by atoms with Crippen LogP contribution < -0.4 is 0 Å². The molecule has 0 radical (unpaired) electrons. The molecule has 25 heavy (non-hydrogen) atoms. The standard InChI is InChI=1S/C21H22O3S/c1-12-14(11-15(25-12)13-9-7-6-8-10-13)16-17(22)20(2,3)19(24)21(4,5)18(16)23/h6-11,16H,1-5H3. The zero-order valence-corrected chi connectivity index (χ0v) is 16.0. The Morgan fingerprint density at radius 2 is 1.40 bits per heavy atom. The van der Waals surface area contributed by atoms with Crippen molar-refractivity contribution in [2.45, 2.75) is 40.5 Å². The monoisotopic (exact) mass is 354 g/mol. The summed E-state index contributed by atoms with van der Waals surface area (Å²) in [7, 11) is 0. The third-order valence-electron chi connectivity index (χ3n) is 5.22. The van der Waals surface area contributed by atoms with Crippen LogP contribution in [0.15, 0.2) is 36.4 Å². The highest BCUT2D eigenvalue weighted by Gasteiger charge is 2.58. The summed E-state index contributed by atoms with van der Waals surface area (Å²) < 4.78 is 0. The lowest BCUT2D eigenvalue weighted by molar-refractivity contribution is -0.157. The summed E-state index contributed by atoms with van der Waals surface area (Å²) in [5.41, 5.74) is -0.494. The quantitative estimate of drug-likeness (QED) is 0.742. The highest BCUT2D eigenvalue weighted by Crippen LogP contribution is 2.47. The van der Waals surface area contributed by atoms with E-state index in [2.05, 4.69) is 0 Å². The van der Waals surface area contributed by atoms with Gasteiger partial charge in [-0.05, 0) is 51.8 Å². The number of hydrogen-bond donors (Lipinski definition) is 0. The molecule has 0 N–H and O–H groups in total. The minimum atomic E-state index is -1.15. The van der Waals surface area contributed by atoms with E-state index in [1.165, 1.54) is 0 Å². The molecule has 0 amide bonds. The van der Waals surface area contributed by atoms with Gasteiger partial charge >= 0.3 is 0 Å². The van der Waals surface area contributed by atoms with E-state index in [4.69, 9.17) is 0 Å². The van der Waals surface area contributed by atoms with Crippen LogP contribution in [0.1, 0.15) is 44.1 Å². The third-order valence-corrected chi connectivity index (χ3v) is 6.33. The van der Waals surface area contributed by atoms with Crippen molar-refractivity contribution in [3.63, 3.8) is 0 Å². The molecule has 1 fully saturated rings. The summed E-state index contributed by atoms with van der Waals surface area (Å²) >= 11 is 1.58. The van der Waals surface area contributed by atoms with E-state index >= 15 is 0 Å². The van der Waals surface area contributed by atoms with Crippen LogP contribution >= 0.6 is 11.3 Å². The van der Waals surface area contributed by atoms with E-state index in [1.807, 2.05) is 43.3 Å². The van der Waals surface area contributed by atoms with Crippen LogP contribution in [0.3, 0.4) is 0 Å². The molecule has 1 heterocycles. The number of rotatable bonds is 2. The number of aryl methyl sites for hydroxylation is 1. The molecule has 2 aromatic rings. The van der Waals surface area contributed by atoms with Crippen molar-refractivity contribution in [2.75, 3.05) is 0 Å². The Labute approximate surface area is 152 Å². The molecule has 0 unspecified atom stereocenters. The fourth-order valence-corrected chi connectivity index (χ4v) is 4.72. The first-order chi connectivity index (χ1) is 11.6. The van der Waals surface area contributed by atoms with Crippen LogP contribution in [0.5, 0.6) is 0 Å². The molecule has 1 aromatic heterocycles. The molecule has 0 aliphatic heterocycles. The normalized spacial score (nSPS) is 20.1. The molecule has 1 aliphatic rings. The fourth-order valence-electron chi connectivity index (χ4n) is 3.66. The molecule has 0 atom stereocenters. The van der Waals surface area contributed by atoms with Crippen LogP contribution in [0.25, 0.3) is 10.4 Å². The summed E-state index contributed by atoms with van der Waals surface area (Å²) in [5, 5.41) is 0. The van der Waals surface area contributed by atoms with Gasteiger partial charge in [0.1, 0.15) is 5.92 Å². The van der Waals surface area contributed by atoms with Crippen molar-refractivity contribution in [2.24, 2.45) is 10.8 Å². The number of hydrogen-bond acceptors (Lipinski definition) is 4. The largest absolute Gasteiger partial charge is 0.298 e. The highest BCUT2D eigenvalue weighted by molar-refractivity contribution is 7.15. The Morgan fingerprint density at radius 3 is 1.92 bits per heavy atom. The van der Waals surface area contributed by atoms with E-state index in [0.29, 0.717) is 0 Å². The lowest BCUT2D eigenvalue weighted by Gasteiger charge is -2.40. The molecular formula is C21H22O3S. The van der Waals surface area contributed by atoms with Crippen LogP contribution in [-0.2, 0) is 14.4 Å². The SMILES string of the molecule is Cc1sc(-c2ccccc2)cc1C1C(=O)C(C)(C)C(=O)C(C)(C)C1=O. The number of Topliss-reactive ketones (excluding diaryl/α,β-unsaturated/α-hetero) is 3. The van der Waals surface area contributed by atoms with Gasteiger partial charge in [-0.3, -0.25) is 14.4 Å². The maximum absolute atomic E-state index is 13.0. The molecule has 130 valence electrons. The Bertz CT molecular complexity index is 842. The predicted octanol–water partition coefficient (Wildman–Crippen LogP) is 4.58. The van der Waals surface area contributed by atoms with Gasteiger partial charge < -0.3 is 0 Å². The molecule has 3 rings (SSSR count). The van der Waals surface area contributed by atoms with E-state index in [0.717, 1.165) is 20.9 Å². The number of carbonyl (C=O) groups is 3. The second-order valence-electron chi connectivity index (χ2n) is 7.73. The first-order valence-corrected chi connectivity index (χ1v) is 9.19. The number of carbonyl (C=O) groups excluding carboxylic acids is 3. The Balaban J connectivity index is 2.12. The molecule has 0 spiro atoms. The van der Waals surface area contributed by atoms with Crippen molar-refractivity contribution in [1.29, 1.82) is 0 Å². The molecule has 0 saturated heterocycles. The number of ketones is 3. The zero-order valence-electron chi connectivity index (χ0n) is 15.2. The van der Waals surface area contributed by atoms with Crippen molar-refractivity contribution in [3.8, 4) is 10.4 Å². The lowest BCUT2D eigenvalue weighted by Crippen LogP contribution is -2.56. The average molecular weight is 354 g/mol. The van der Waals surface area contributed by atoms with Gasteiger partial charge in [0.15, 0.2) is 17.3 Å². The van der Waals surface area contributed by atoms with Crippen molar-refractivity contribution in [1.82, 2.24) is 0 Å². The summed E-state index contributed by atoms with van der Waals surface area (Å²) in [5.74, 6) is -1.73. The Kier molecular flexibility index (Phi) is 4.07. The van der Waals surface area contributed by atoms with Gasteiger partial charge in [-0.2, -0.15) is 0 Å². The van der Waals surface area contributed by atoms with E-state index < -0.39 is 16.7 Å². The summed E-state index contributed by atoms with van der Waals surface area (Å²) in [6, 6.07) is 11.8. The van der Waals surface area contributed by atoms with Gasteiger partial charge in [-0.1, -0.05) is 30.3 Å². The molecule has 1 aromatic carbocycles. The van der Waals surface area contributed by atoms with Gasteiger partial charge in [0, 0.05) is 9.75 Å². The van der Waals surface area contributed by atoms with Crippen LogP contribution in [0.4, 0.5) is 0 Å². The maximum atomic E-state index is 13.0. The summed E-state index contributed by atoms with van der Waals surface area (Å²) in [6.45, 7) is 8.48. The van der Waals surface area contributed by atoms with Gasteiger partial charge in [0.2, 0.25) is 0 Å². The molecule has 3 nitrogen and oxygen atoms in total. The summed E-state index contributed by atoms with van der Waals surface area (Å²) in [6.07, 6.45) is 0.